The van der Waals surface area contributed by atoms with E-state index in [4.69, 9.17) is 9.47 Å². The van der Waals surface area contributed by atoms with Crippen molar-refractivity contribution in [1.29, 1.82) is 0 Å². The number of benzene rings is 1. The molecule has 19 heavy (non-hydrogen) atoms. The van der Waals surface area contributed by atoms with E-state index in [-0.39, 0.29) is 11.0 Å². The van der Waals surface area contributed by atoms with Crippen LogP contribution < -0.4 is 9.47 Å². The average molecular weight is 260 g/mol. The normalized spacial score (nSPS) is 16.7. The lowest BCUT2D eigenvalue weighted by molar-refractivity contribution is 0.158. The molecule has 1 heterocycles. The molecule has 0 bridgehead atoms. The summed E-state index contributed by atoms with van der Waals surface area (Å²) in [6.45, 7) is 13.4. The van der Waals surface area contributed by atoms with Crippen LogP contribution in [0.25, 0.3) is 6.08 Å². The highest BCUT2D eigenvalue weighted by molar-refractivity contribution is 5.65. The zero-order valence-corrected chi connectivity index (χ0v) is 12.8. The van der Waals surface area contributed by atoms with Crippen molar-refractivity contribution in [2.24, 2.45) is 0 Å². The molecule has 0 aromatic heterocycles. The lowest BCUT2D eigenvalue weighted by Crippen LogP contribution is -2.27. The Morgan fingerprint density at radius 2 is 1.89 bits per heavy atom. The Kier molecular flexibility index (Phi) is 3.38. The summed E-state index contributed by atoms with van der Waals surface area (Å²) in [5.74, 6) is 1.84. The van der Waals surface area contributed by atoms with Gasteiger partial charge in [-0.2, -0.15) is 0 Å². The van der Waals surface area contributed by atoms with Crippen LogP contribution in [-0.4, -0.2) is 12.2 Å². The van der Waals surface area contributed by atoms with E-state index in [0.717, 1.165) is 17.1 Å². The number of rotatable bonds is 2. The molecule has 1 aliphatic rings. The Morgan fingerprint density at radius 1 is 1.21 bits per heavy atom. The van der Waals surface area contributed by atoms with E-state index < -0.39 is 0 Å². The van der Waals surface area contributed by atoms with Crippen LogP contribution in [0.3, 0.4) is 0 Å². The van der Waals surface area contributed by atoms with Gasteiger partial charge >= 0.3 is 0 Å². The molecule has 0 fully saturated rings. The summed E-state index contributed by atoms with van der Waals surface area (Å²) in [5.41, 5.74) is 2.16. The minimum absolute atomic E-state index is 0.0559. The summed E-state index contributed by atoms with van der Waals surface area (Å²) in [6.07, 6.45) is 4.24. The largest absolute Gasteiger partial charge is 0.493 e. The highest BCUT2D eigenvalue weighted by Crippen LogP contribution is 2.40. The van der Waals surface area contributed by atoms with Crippen LogP contribution in [0.1, 0.15) is 52.7 Å². The predicted molar refractivity (Wildman–Crippen MR) is 80.1 cm³/mol. The van der Waals surface area contributed by atoms with Crippen molar-refractivity contribution >= 4 is 6.08 Å². The fourth-order valence-corrected chi connectivity index (χ4v) is 2.27. The molecule has 0 spiro atoms. The van der Waals surface area contributed by atoms with Gasteiger partial charge in [0.25, 0.3) is 0 Å². The van der Waals surface area contributed by atoms with Gasteiger partial charge in [0.2, 0.25) is 0 Å². The van der Waals surface area contributed by atoms with Gasteiger partial charge in [0.05, 0.1) is 6.61 Å². The van der Waals surface area contributed by atoms with Gasteiger partial charge in [-0.15, -0.1) is 0 Å². The quantitative estimate of drug-likeness (QED) is 0.775. The first-order chi connectivity index (χ1) is 8.73. The van der Waals surface area contributed by atoms with Crippen LogP contribution in [0.5, 0.6) is 11.5 Å². The molecule has 1 aliphatic heterocycles. The van der Waals surface area contributed by atoms with E-state index in [9.17, 15) is 0 Å². The SMILES string of the molecule is CCOc1cc2c(cc1C(C)(C)C)C=CC(C)(C)O2. The predicted octanol–water partition coefficient (Wildman–Crippen LogP) is 4.57. The Bertz CT molecular complexity index is 505. The molecule has 0 saturated carbocycles. The van der Waals surface area contributed by atoms with Crippen LogP contribution in [0.4, 0.5) is 0 Å². The van der Waals surface area contributed by atoms with Gasteiger partial charge < -0.3 is 9.47 Å². The maximum absolute atomic E-state index is 6.01. The monoisotopic (exact) mass is 260 g/mol. The van der Waals surface area contributed by atoms with Gasteiger partial charge in [-0.05, 0) is 38.3 Å². The molecule has 2 nitrogen and oxygen atoms in total. The van der Waals surface area contributed by atoms with Crippen molar-refractivity contribution in [3.63, 3.8) is 0 Å². The van der Waals surface area contributed by atoms with Gasteiger partial charge in [0, 0.05) is 17.2 Å². The van der Waals surface area contributed by atoms with Gasteiger partial charge in [-0.25, -0.2) is 0 Å². The number of fused-ring (bicyclic) bond motifs is 1. The maximum Gasteiger partial charge on any atom is 0.131 e. The second-order valence-corrected chi connectivity index (χ2v) is 6.61. The van der Waals surface area contributed by atoms with Gasteiger partial charge in [0.1, 0.15) is 17.1 Å². The Balaban J connectivity index is 2.54. The van der Waals surface area contributed by atoms with Crippen LogP contribution in [0, 0.1) is 0 Å². The standard InChI is InChI=1S/C17H24O2/c1-7-18-15-11-14-12(8-9-17(5,6)19-14)10-13(15)16(2,3)4/h8-11H,7H2,1-6H3. The average Bonchev–Trinajstić information content (AvgIpc) is 2.25. The highest BCUT2D eigenvalue weighted by atomic mass is 16.5. The smallest absolute Gasteiger partial charge is 0.131 e. The van der Waals surface area contributed by atoms with E-state index in [0.29, 0.717) is 6.61 Å². The summed E-state index contributed by atoms with van der Waals surface area (Å²) in [5, 5.41) is 0. The molecule has 2 heteroatoms. The van der Waals surface area contributed by atoms with E-state index >= 15 is 0 Å². The first kappa shape index (κ1) is 14.0. The molecule has 0 N–H and O–H groups in total. The lowest BCUT2D eigenvalue weighted by Gasteiger charge is -2.30. The summed E-state index contributed by atoms with van der Waals surface area (Å²) in [4.78, 5) is 0. The second-order valence-electron chi connectivity index (χ2n) is 6.61. The number of hydrogen-bond donors (Lipinski definition) is 0. The molecular weight excluding hydrogens is 236 g/mol. The summed E-state index contributed by atoms with van der Waals surface area (Å²) in [6, 6.07) is 4.22. The van der Waals surface area contributed by atoms with Crippen LogP contribution in [0.2, 0.25) is 0 Å². The number of ether oxygens (including phenoxy) is 2. The Hall–Kier alpha value is -1.44. The van der Waals surface area contributed by atoms with Crippen LogP contribution in [-0.2, 0) is 5.41 Å². The maximum atomic E-state index is 6.01. The minimum atomic E-state index is -0.250. The Morgan fingerprint density at radius 3 is 2.47 bits per heavy atom. The van der Waals surface area contributed by atoms with Crippen molar-refractivity contribution in [1.82, 2.24) is 0 Å². The minimum Gasteiger partial charge on any atom is -0.493 e. The molecule has 1 aromatic rings. The molecule has 0 radical (unpaired) electrons. The molecule has 1 aromatic carbocycles. The van der Waals surface area contributed by atoms with Crippen LogP contribution >= 0.6 is 0 Å². The van der Waals surface area contributed by atoms with Crippen molar-refractivity contribution in [3.8, 4) is 11.5 Å². The topological polar surface area (TPSA) is 18.5 Å². The van der Waals surface area contributed by atoms with E-state index in [2.05, 4.69) is 52.8 Å². The van der Waals surface area contributed by atoms with Crippen molar-refractivity contribution in [2.45, 2.75) is 52.6 Å². The molecule has 0 atom stereocenters. The third-order valence-electron chi connectivity index (χ3n) is 3.26. The Labute approximate surface area is 116 Å². The van der Waals surface area contributed by atoms with Crippen LogP contribution in [0.15, 0.2) is 18.2 Å². The molecular formula is C17H24O2. The first-order valence-electron chi connectivity index (χ1n) is 6.92. The molecule has 0 saturated heterocycles. The molecule has 2 rings (SSSR count). The van der Waals surface area contributed by atoms with E-state index in [1.54, 1.807) is 0 Å². The third-order valence-corrected chi connectivity index (χ3v) is 3.26. The van der Waals surface area contributed by atoms with Crippen molar-refractivity contribution in [2.75, 3.05) is 6.61 Å². The van der Waals surface area contributed by atoms with Gasteiger partial charge in [-0.1, -0.05) is 26.8 Å². The third kappa shape index (κ3) is 2.94. The first-order valence-corrected chi connectivity index (χ1v) is 6.92. The summed E-state index contributed by atoms with van der Waals surface area (Å²) >= 11 is 0. The van der Waals surface area contributed by atoms with Gasteiger partial charge in [0.15, 0.2) is 0 Å². The van der Waals surface area contributed by atoms with E-state index in [1.807, 2.05) is 13.0 Å². The molecule has 104 valence electrons. The zero-order valence-electron chi connectivity index (χ0n) is 12.8. The molecule has 0 aliphatic carbocycles. The highest BCUT2D eigenvalue weighted by Gasteiger charge is 2.26. The van der Waals surface area contributed by atoms with Crippen molar-refractivity contribution in [3.05, 3.63) is 29.3 Å². The fourth-order valence-electron chi connectivity index (χ4n) is 2.27. The van der Waals surface area contributed by atoms with E-state index in [1.165, 1.54) is 5.56 Å². The lowest BCUT2D eigenvalue weighted by atomic mass is 9.84. The second kappa shape index (κ2) is 4.59. The number of hydrogen-bond acceptors (Lipinski definition) is 2. The fraction of sp³-hybridized carbons (Fsp3) is 0.529. The van der Waals surface area contributed by atoms with Crippen molar-refractivity contribution < 1.29 is 9.47 Å². The summed E-state index contributed by atoms with van der Waals surface area (Å²) in [7, 11) is 0. The zero-order chi connectivity index (χ0) is 14.3. The summed E-state index contributed by atoms with van der Waals surface area (Å²) < 4.78 is 11.8. The molecule has 0 amide bonds. The van der Waals surface area contributed by atoms with Gasteiger partial charge in [-0.3, -0.25) is 0 Å². The molecule has 0 unspecified atom stereocenters.